The van der Waals surface area contributed by atoms with Crippen molar-refractivity contribution in [3.63, 3.8) is 0 Å². The second-order valence-corrected chi connectivity index (χ2v) is 7.29. The van der Waals surface area contributed by atoms with E-state index in [1.165, 1.54) is 0 Å². The van der Waals surface area contributed by atoms with Gasteiger partial charge < -0.3 is 16.0 Å². The number of hydrogen-bond acceptors (Lipinski definition) is 3. The highest BCUT2D eigenvalue weighted by Crippen LogP contribution is 2.19. The van der Waals surface area contributed by atoms with Gasteiger partial charge in [0.1, 0.15) is 0 Å². The van der Waals surface area contributed by atoms with E-state index in [0.717, 1.165) is 51.5 Å². The highest BCUT2D eigenvalue weighted by Gasteiger charge is 2.23. The molecule has 0 aliphatic carbocycles. The second kappa shape index (κ2) is 12.7. The summed E-state index contributed by atoms with van der Waals surface area (Å²) >= 11 is 0. The van der Waals surface area contributed by atoms with Crippen LogP contribution in [-0.4, -0.2) is 66.5 Å². The number of likely N-dealkylation sites (tertiary alicyclic amines) is 1. The number of nitrogens with one attached hydrogen (secondary N) is 1. The minimum atomic E-state index is -0.201. The largest absolute Gasteiger partial charge is 0.370 e. The van der Waals surface area contributed by atoms with Crippen molar-refractivity contribution in [1.29, 1.82) is 0 Å². The Hall–Kier alpha value is -0.570. The van der Waals surface area contributed by atoms with E-state index in [0.29, 0.717) is 24.4 Å². The zero-order chi connectivity index (χ0) is 18.1. The first-order chi connectivity index (χ1) is 11.3. The summed E-state index contributed by atoms with van der Waals surface area (Å²) in [7, 11) is 0. The number of carbonyl (C=O) groups is 1. The fourth-order valence-electron chi connectivity index (χ4n) is 3.52. The summed E-state index contributed by atoms with van der Waals surface area (Å²) in [6.45, 7) is 15.5. The number of nitrogens with two attached hydrogens (primary N) is 1. The van der Waals surface area contributed by atoms with Crippen LogP contribution in [-0.2, 0) is 4.79 Å². The minimum Gasteiger partial charge on any atom is -0.370 e. The lowest BCUT2D eigenvalue weighted by atomic mass is 9.95. The van der Waals surface area contributed by atoms with Crippen LogP contribution in [0.2, 0.25) is 0 Å². The standard InChI is InChI=1S/C18H37N5O.HI/c1-6-20-18(21-9-11-23(14(2)3)15(4)5)22-10-7-8-16(13-22)12-17(19)24;/h14-16H,6-13H2,1-5H3,(H2,19,24)(H,20,21);1H. The number of primary amides is 1. The lowest BCUT2D eigenvalue weighted by molar-refractivity contribution is -0.119. The lowest BCUT2D eigenvalue weighted by Crippen LogP contribution is -2.47. The first kappa shape index (κ1) is 24.4. The Morgan fingerprint density at radius 1 is 1.32 bits per heavy atom. The number of nitrogens with zero attached hydrogens (tertiary/aromatic N) is 3. The van der Waals surface area contributed by atoms with E-state index < -0.39 is 0 Å². The number of aliphatic imine (C=N–C) groups is 1. The number of rotatable bonds is 8. The molecule has 0 bridgehead atoms. The lowest BCUT2D eigenvalue weighted by Gasteiger charge is -2.35. The van der Waals surface area contributed by atoms with Gasteiger partial charge in [0.15, 0.2) is 5.96 Å². The molecule has 0 aromatic rings. The van der Waals surface area contributed by atoms with Crippen molar-refractivity contribution in [2.24, 2.45) is 16.6 Å². The van der Waals surface area contributed by atoms with Crippen LogP contribution >= 0.6 is 24.0 Å². The van der Waals surface area contributed by atoms with E-state index >= 15 is 0 Å². The number of amides is 1. The van der Waals surface area contributed by atoms with Gasteiger partial charge in [-0.25, -0.2) is 0 Å². The molecule has 1 aliphatic rings. The highest BCUT2D eigenvalue weighted by molar-refractivity contribution is 14.0. The van der Waals surface area contributed by atoms with Crippen LogP contribution in [0.25, 0.3) is 0 Å². The van der Waals surface area contributed by atoms with E-state index in [-0.39, 0.29) is 29.9 Å². The highest BCUT2D eigenvalue weighted by atomic mass is 127. The van der Waals surface area contributed by atoms with Gasteiger partial charge in [-0.3, -0.25) is 14.7 Å². The number of piperidine rings is 1. The average molecular weight is 467 g/mol. The van der Waals surface area contributed by atoms with Crippen molar-refractivity contribution in [3.05, 3.63) is 0 Å². The Labute approximate surface area is 171 Å². The summed E-state index contributed by atoms with van der Waals surface area (Å²) in [5.41, 5.74) is 5.36. The van der Waals surface area contributed by atoms with E-state index in [1.54, 1.807) is 0 Å². The molecular formula is C18H38IN5O. The molecule has 1 heterocycles. The number of hydrogen-bond donors (Lipinski definition) is 2. The van der Waals surface area contributed by atoms with Crippen LogP contribution < -0.4 is 11.1 Å². The molecule has 1 saturated heterocycles. The maximum atomic E-state index is 11.2. The average Bonchev–Trinajstić information content (AvgIpc) is 2.49. The summed E-state index contributed by atoms with van der Waals surface area (Å²) < 4.78 is 0. The number of guanidine groups is 1. The predicted octanol–water partition coefficient (Wildman–Crippen LogP) is 2.28. The van der Waals surface area contributed by atoms with Gasteiger partial charge in [0.25, 0.3) is 0 Å². The fourth-order valence-corrected chi connectivity index (χ4v) is 3.52. The second-order valence-electron chi connectivity index (χ2n) is 7.29. The molecule has 148 valence electrons. The topological polar surface area (TPSA) is 74.0 Å². The molecule has 1 aliphatic heterocycles. The molecule has 1 rings (SSSR count). The Bertz CT molecular complexity index is 406. The van der Waals surface area contributed by atoms with Crippen molar-refractivity contribution < 1.29 is 4.79 Å². The monoisotopic (exact) mass is 467 g/mol. The van der Waals surface area contributed by atoms with E-state index in [1.807, 2.05) is 0 Å². The van der Waals surface area contributed by atoms with Gasteiger partial charge in [0, 0.05) is 44.7 Å². The fraction of sp³-hybridized carbons (Fsp3) is 0.889. The first-order valence-electron chi connectivity index (χ1n) is 9.42. The summed E-state index contributed by atoms with van der Waals surface area (Å²) in [6.07, 6.45) is 2.64. The van der Waals surface area contributed by atoms with Gasteiger partial charge >= 0.3 is 0 Å². The molecule has 0 saturated carbocycles. The van der Waals surface area contributed by atoms with Crippen LogP contribution in [0.15, 0.2) is 4.99 Å². The third-order valence-corrected chi connectivity index (χ3v) is 4.59. The molecule has 1 amide bonds. The molecule has 0 aromatic heterocycles. The number of carbonyl (C=O) groups excluding carboxylic acids is 1. The normalized spacial score (nSPS) is 18.6. The van der Waals surface area contributed by atoms with Crippen molar-refractivity contribution in [2.75, 3.05) is 32.7 Å². The smallest absolute Gasteiger partial charge is 0.217 e. The zero-order valence-corrected chi connectivity index (χ0v) is 19.0. The van der Waals surface area contributed by atoms with E-state index in [2.05, 4.69) is 49.7 Å². The minimum absolute atomic E-state index is 0. The Morgan fingerprint density at radius 3 is 2.48 bits per heavy atom. The Kier molecular flexibility index (Phi) is 12.4. The van der Waals surface area contributed by atoms with E-state index in [4.69, 9.17) is 10.7 Å². The maximum absolute atomic E-state index is 11.2. The van der Waals surface area contributed by atoms with Crippen molar-refractivity contribution >= 4 is 35.8 Å². The summed E-state index contributed by atoms with van der Waals surface area (Å²) in [4.78, 5) is 20.8. The molecule has 0 radical (unpaired) electrons. The maximum Gasteiger partial charge on any atom is 0.217 e. The molecule has 0 aromatic carbocycles. The van der Waals surface area contributed by atoms with Crippen LogP contribution in [0, 0.1) is 5.92 Å². The Balaban J connectivity index is 0.00000576. The molecule has 0 spiro atoms. The summed E-state index contributed by atoms with van der Waals surface area (Å²) in [5, 5.41) is 3.40. The van der Waals surface area contributed by atoms with Crippen LogP contribution in [0.3, 0.4) is 0 Å². The third-order valence-electron chi connectivity index (χ3n) is 4.59. The molecule has 1 atom stereocenters. The Morgan fingerprint density at radius 2 is 1.96 bits per heavy atom. The van der Waals surface area contributed by atoms with E-state index in [9.17, 15) is 4.79 Å². The molecule has 7 heteroatoms. The third kappa shape index (κ3) is 9.08. The van der Waals surface area contributed by atoms with Gasteiger partial charge in [-0.15, -0.1) is 24.0 Å². The molecule has 1 fully saturated rings. The van der Waals surface area contributed by atoms with Crippen LogP contribution in [0.5, 0.6) is 0 Å². The van der Waals surface area contributed by atoms with Crippen molar-refractivity contribution in [3.8, 4) is 0 Å². The van der Waals surface area contributed by atoms with Gasteiger partial charge in [0.05, 0.1) is 6.54 Å². The summed E-state index contributed by atoms with van der Waals surface area (Å²) in [6, 6.07) is 1.05. The SMILES string of the molecule is CCNC(=NCCN(C(C)C)C(C)C)N1CCCC(CC(N)=O)C1.I. The first-order valence-corrected chi connectivity index (χ1v) is 9.42. The van der Waals surface area contributed by atoms with Crippen LogP contribution in [0.4, 0.5) is 0 Å². The zero-order valence-electron chi connectivity index (χ0n) is 16.6. The number of halogens is 1. The molecule has 25 heavy (non-hydrogen) atoms. The van der Waals surface area contributed by atoms with Crippen molar-refractivity contribution in [1.82, 2.24) is 15.1 Å². The van der Waals surface area contributed by atoms with Gasteiger partial charge in [0.2, 0.25) is 5.91 Å². The molecule has 1 unspecified atom stereocenters. The van der Waals surface area contributed by atoms with Crippen LogP contribution in [0.1, 0.15) is 53.9 Å². The summed E-state index contributed by atoms with van der Waals surface area (Å²) in [5.74, 6) is 1.12. The van der Waals surface area contributed by atoms with Gasteiger partial charge in [-0.05, 0) is 53.4 Å². The van der Waals surface area contributed by atoms with Crippen molar-refractivity contribution in [2.45, 2.75) is 66.0 Å². The molecule has 3 N–H and O–H groups in total. The molecule has 6 nitrogen and oxygen atoms in total. The van der Waals surface area contributed by atoms with Gasteiger partial charge in [-0.2, -0.15) is 0 Å². The quantitative estimate of drug-likeness (QED) is 0.327. The predicted molar refractivity (Wildman–Crippen MR) is 116 cm³/mol. The molecular weight excluding hydrogens is 429 g/mol. The van der Waals surface area contributed by atoms with Gasteiger partial charge in [-0.1, -0.05) is 0 Å².